The lowest BCUT2D eigenvalue weighted by atomic mass is 10.5. The molecule has 0 spiro atoms. The molecule has 0 aromatic rings. The fourth-order valence-corrected chi connectivity index (χ4v) is 1.89. The lowest BCUT2D eigenvalue weighted by Crippen LogP contribution is -2.28. The van der Waals surface area contributed by atoms with Crippen molar-refractivity contribution in [1.29, 1.82) is 0 Å². The minimum atomic E-state index is -3.33. The van der Waals surface area contributed by atoms with Crippen LogP contribution in [0.25, 0.3) is 0 Å². The standard InChI is InChI=1S/C6H13NO4S/c1-7-6(9)5-12(10,11)4-2-3-8/h8H,2-5H2,1H3,(H,7,9). The summed E-state index contributed by atoms with van der Waals surface area (Å²) in [6.45, 7) is -0.174. The summed E-state index contributed by atoms with van der Waals surface area (Å²) in [7, 11) is -1.95. The molecule has 0 unspecified atom stereocenters. The highest BCUT2D eigenvalue weighted by atomic mass is 32.2. The van der Waals surface area contributed by atoms with E-state index in [1.54, 1.807) is 0 Å². The third-order valence-corrected chi connectivity index (χ3v) is 2.86. The summed E-state index contributed by atoms with van der Waals surface area (Å²) in [4.78, 5) is 10.6. The Kier molecular flexibility index (Phi) is 4.84. The fourth-order valence-electron chi connectivity index (χ4n) is 0.629. The van der Waals surface area contributed by atoms with Gasteiger partial charge in [-0.25, -0.2) is 8.42 Å². The fraction of sp³-hybridized carbons (Fsp3) is 0.833. The predicted molar refractivity (Wildman–Crippen MR) is 44.4 cm³/mol. The zero-order valence-corrected chi connectivity index (χ0v) is 7.73. The van der Waals surface area contributed by atoms with E-state index in [2.05, 4.69) is 5.32 Å². The normalized spacial score (nSPS) is 11.2. The summed E-state index contributed by atoms with van der Waals surface area (Å²) in [5.74, 6) is -1.16. The Hall–Kier alpha value is -0.620. The van der Waals surface area contributed by atoms with Crippen molar-refractivity contribution in [2.75, 3.05) is 25.2 Å². The smallest absolute Gasteiger partial charge is 0.234 e. The van der Waals surface area contributed by atoms with E-state index in [-0.39, 0.29) is 18.8 Å². The zero-order valence-electron chi connectivity index (χ0n) is 6.91. The topological polar surface area (TPSA) is 83.5 Å². The molecule has 0 saturated heterocycles. The molecule has 0 bridgehead atoms. The van der Waals surface area contributed by atoms with Crippen molar-refractivity contribution in [2.45, 2.75) is 6.42 Å². The molecule has 0 aromatic carbocycles. The average molecular weight is 195 g/mol. The summed E-state index contributed by atoms with van der Waals surface area (Å²) in [5, 5.41) is 10.6. The number of rotatable bonds is 5. The van der Waals surface area contributed by atoms with Crippen LogP contribution in [0.2, 0.25) is 0 Å². The SMILES string of the molecule is CNC(=O)CS(=O)(=O)CCCO. The maximum Gasteiger partial charge on any atom is 0.234 e. The lowest BCUT2D eigenvalue weighted by Gasteiger charge is -2.01. The second-order valence-electron chi connectivity index (χ2n) is 2.34. The van der Waals surface area contributed by atoms with Crippen molar-refractivity contribution in [3.05, 3.63) is 0 Å². The van der Waals surface area contributed by atoms with Gasteiger partial charge in [0.2, 0.25) is 5.91 Å². The molecule has 5 nitrogen and oxygen atoms in total. The van der Waals surface area contributed by atoms with Gasteiger partial charge in [0, 0.05) is 13.7 Å². The van der Waals surface area contributed by atoms with Crippen LogP contribution < -0.4 is 5.32 Å². The highest BCUT2D eigenvalue weighted by Crippen LogP contribution is 1.92. The van der Waals surface area contributed by atoms with E-state index in [0.717, 1.165) is 0 Å². The van der Waals surface area contributed by atoms with Crippen LogP contribution in [0, 0.1) is 0 Å². The molecular formula is C6H13NO4S. The number of carbonyl (C=O) groups is 1. The van der Waals surface area contributed by atoms with Crippen molar-refractivity contribution >= 4 is 15.7 Å². The van der Waals surface area contributed by atoms with Gasteiger partial charge in [0.05, 0.1) is 5.75 Å². The van der Waals surface area contributed by atoms with E-state index >= 15 is 0 Å². The summed E-state index contributed by atoms with van der Waals surface area (Å²) in [6.07, 6.45) is 0.180. The number of hydrogen-bond acceptors (Lipinski definition) is 4. The maximum absolute atomic E-state index is 11.0. The minimum Gasteiger partial charge on any atom is -0.396 e. The molecular weight excluding hydrogens is 182 g/mol. The largest absolute Gasteiger partial charge is 0.396 e. The first-order valence-corrected chi connectivity index (χ1v) is 5.36. The van der Waals surface area contributed by atoms with Crippen LogP contribution in [0.1, 0.15) is 6.42 Å². The van der Waals surface area contributed by atoms with E-state index in [4.69, 9.17) is 5.11 Å². The number of aliphatic hydroxyl groups is 1. The van der Waals surface area contributed by atoms with Gasteiger partial charge >= 0.3 is 0 Å². The molecule has 0 aromatic heterocycles. The number of amides is 1. The Morgan fingerprint density at radius 3 is 2.50 bits per heavy atom. The maximum atomic E-state index is 11.0. The van der Waals surface area contributed by atoms with Crippen LogP contribution in [0.5, 0.6) is 0 Å². The van der Waals surface area contributed by atoms with Crippen LogP contribution in [0.15, 0.2) is 0 Å². The molecule has 0 radical (unpaired) electrons. The van der Waals surface area contributed by atoms with Crippen LogP contribution in [0.4, 0.5) is 0 Å². The molecule has 0 saturated carbocycles. The van der Waals surface area contributed by atoms with Gasteiger partial charge in [-0.2, -0.15) is 0 Å². The molecule has 0 aliphatic carbocycles. The number of aliphatic hydroxyl groups excluding tert-OH is 1. The first-order chi connectivity index (χ1) is 5.52. The van der Waals surface area contributed by atoms with Crippen LogP contribution >= 0.6 is 0 Å². The molecule has 1 amide bonds. The third kappa shape index (κ3) is 5.09. The summed E-state index contributed by atoms with van der Waals surface area (Å²) in [5.41, 5.74) is 0. The van der Waals surface area contributed by atoms with Gasteiger partial charge in [-0.1, -0.05) is 0 Å². The van der Waals surface area contributed by atoms with E-state index in [1.807, 2.05) is 0 Å². The quantitative estimate of drug-likeness (QED) is 0.561. The third-order valence-electron chi connectivity index (χ3n) is 1.24. The summed E-state index contributed by atoms with van der Waals surface area (Å²) >= 11 is 0. The monoisotopic (exact) mass is 195 g/mol. The van der Waals surface area contributed by atoms with Gasteiger partial charge < -0.3 is 10.4 Å². The Bertz CT molecular complexity index is 234. The van der Waals surface area contributed by atoms with Crippen LogP contribution in [0.3, 0.4) is 0 Å². The van der Waals surface area contributed by atoms with Gasteiger partial charge in [0.25, 0.3) is 0 Å². The van der Waals surface area contributed by atoms with Gasteiger partial charge in [-0.05, 0) is 6.42 Å². The molecule has 6 heteroatoms. The predicted octanol–water partition coefficient (Wildman–Crippen LogP) is -1.47. The average Bonchev–Trinajstić information content (AvgIpc) is 2.00. The zero-order chi connectivity index (χ0) is 9.61. The highest BCUT2D eigenvalue weighted by molar-refractivity contribution is 7.92. The van der Waals surface area contributed by atoms with Crippen molar-refractivity contribution < 1.29 is 18.3 Å². The first kappa shape index (κ1) is 11.4. The summed E-state index contributed by atoms with van der Waals surface area (Å²) in [6, 6.07) is 0. The second kappa shape index (κ2) is 5.10. The molecule has 0 rings (SSSR count). The number of hydrogen-bond donors (Lipinski definition) is 2. The van der Waals surface area contributed by atoms with E-state index in [0.29, 0.717) is 0 Å². The molecule has 0 aliphatic rings. The molecule has 72 valence electrons. The number of sulfone groups is 1. The molecule has 2 N–H and O–H groups in total. The summed E-state index contributed by atoms with van der Waals surface area (Å²) < 4.78 is 22.0. The van der Waals surface area contributed by atoms with Crippen molar-refractivity contribution in [1.82, 2.24) is 5.32 Å². The Morgan fingerprint density at radius 2 is 2.08 bits per heavy atom. The minimum absolute atomic E-state index is 0.142. The molecule has 0 fully saturated rings. The van der Waals surface area contributed by atoms with Crippen LogP contribution in [-0.4, -0.2) is 44.6 Å². The van der Waals surface area contributed by atoms with Gasteiger partial charge in [0.15, 0.2) is 9.84 Å². The van der Waals surface area contributed by atoms with Crippen molar-refractivity contribution in [3.63, 3.8) is 0 Å². The molecule has 0 aliphatic heterocycles. The van der Waals surface area contributed by atoms with Crippen molar-refractivity contribution in [2.24, 2.45) is 0 Å². The van der Waals surface area contributed by atoms with E-state index in [9.17, 15) is 13.2 Å². The highest BCUT2D eigenvalue weighted by Gasteiger charge is 2.14. The van der Waals surface area contributed by atoms with E-state index in [1.165, 1.54) is 7.05 Å². The number of carbonyl (C=O) groups excluding carboxylic acids is 1. The Labute approximate surface area is 71.7 Å². The van der Waals surface area contributed by atoms with Gasteiger partial charge in [-0.15, -0.1) is 0 Å². The second-order valence-corrected chi connectivity index (χ2v) is 4.53. The van der Waals surface area contributed by atoms with E-state index < -0.39 is 21.5 Å². The Morgan fingerprint density at radius 1 is 1.50 bits per heavy atom. The lowest BCUT2D eigenvalue weighted by molar-refractivity contribution is -0.118. The first-order valence-electron chi connectivity index (χ1n) is 3.53. The molecule has 0 atom stereocenters. The molecule has 12 heavy (non-hydrogen) atoms. The molecule has 0 heterocycles. The van der Waals surface area contributed by atoms with Gasteiger partial charge in [-0.3, -0.25) is 4.79 Å². The number of nitrogens with one attached hydrogen (secondary N) is 1. The van der Waals surface area contributed by atoms with Gasteiger partial charge in [0.1, 0.15) is 5.75 Å². The van der Waals surface area contributed by atoms with Crippen molar-refractivity contribution in [3.8, 4) is 0 Å². The Balaban J connectivity index is 3.96. The van der Waals surface area contributed by atoms with Crippen LogP contribution in [-0.2, 0) is 14.6 Å².